The number of thioether (sulfide) groups is 1. The molecule has 0 saturated heterocycles. The van der Waals surface area contributed by atoms with E-state index in [2.05, 4.69) is 27.1 Å². The maximum atomic E-state index is 14.9. The number of aromatic nitrogens is 3. The average Bonchev–Trinajstić information content (AvgIpc) is 3.69. The fourth-order valence-electron chi connectivity index (χ4n) is 5.21. The predicted molar refractivity (Wildman–Crippen MR) is 146 cm³/mol. The van der Waals surface area contributed by atoms with Crippen molar-refractivity contribution in [2.24, 2.45) is 5.92 Å². The number of benzene rings is 3. The average molecular weight is 546 g/mol. The van der Waals surface area contributed by atoms with Gasteiger partial charge in [-0.2, -0.15) is 0 Å². The summed E-state index contributed by atoms with van der Waals surface area (Å²) in [5, 5.41) is 0.851. The SMILES string of the molecule is COC(=O)C1Cc2ccc(Cc3cnc(-c4cc(Oc5c(F)cc6[nH]ccc6c5SC)ccc4F)[nH]3)cc2C1. The molecule has 0 amide bonds. The topological polar surface area (TPSA) is 80.0 Å². The number of nitrogens with zero attached hydrogens (tertiary/aromatic N) is 1. The first-order valence-electron chi connectivity index (χ1n) is 12.5. The molecule has 1 atom stereocenters. The number of rotatable bonds is 7. The Morgan fingerprint density at radius 2 is 1.92 bits per heavy atom. The van der Waals surface area contributed by atoms with E-state index < -0.39 is 11.6 Å². The first kappa shape index (κ1) is 25.2. The summed E-state index contributed by atoms with van der Waals surface area (Å²) in [7, 11) is 1.42. The van der Waals surface area contributed by atoms with E-state index in [-0.39, 0.29) is 23.2 Å². The van der Waals surface area contributed by atoms with Crippen molar-refractivity contribution < 1.29 is 23.0 Å². The predicted octanol–water partition coefficient (Wildman–Crippen LogP) is 6.83. The third-order valence-corrected chi connectivity index (χ3v) is 7.91. The van der Waals surface area contributed by atoms with E-state index in [4.69, 9.17) is 9.47 Å². The van der Waals surface area contributed by atoms with Crippen LogP contribution in [-0.2, 0) is 28.8 Å². The van der Waals surface area contributed by atoms with Crippen LogP contribution >= 0.6 is 11.8 Å². The zero-order valence-corrected chi connectivity index (χ0v) is 22.1. The summed E-state index contributed by atoms with van der Waals surface area (Å²) in [5.41, 5.74) is 5.09. The molecule has 3 aromatic carbocycles. The summed E-state index contributed by atoms with van der Waals surface area (Å²) in [5.74, 6) is -0.551. The van der Waals surface area contributed by atoms with Crippen LogP contribution in [0.2, 0.25) is 0 Å². The summed E-state index contributed by atoms with van der Waals surface area (Å²) in [6.07, 6.45) is 7.21. The third kappa shape index (κ3) is 4.78. The first-order valence-corrected chi connectivity index (χ1v) is 13.7. The summed E-state index contributed by atoms with van der Waals surface area (Å²) in [6, 6.07) is 13.7. The van der Waals surface area contributed by atoms with Crippen molar-refractivity contribution in [1.82, 2.24) is 15.0 Å². The number of esters is 1. The number of ether oxygens (including phenoxy) is 2. The van der Waals surface area contributed by atoms with Crippen LogP contribution in [0.3, 0.4) is 0 Å². The van der Waals surface area contributed by atoms with E-state index in [1.54, 1.807) is 12.4 Å². The van der Waals surface area contributed by atoms with E-state index in [1.807, 2.05) is 18.4 Å². The molecule has 1 unspecified atom stereocenters. The number of fused-ring (bicyclic) bond motifs is 2. The number of hydrogen-bond donors (Lipinski definition) is 2. The molecule has 9 heteroatoms. The molecule has 2 heterocycles. The summed E-state index contributed by atoms with van der Waals surface area (Å²) in [4.78, 5) is 23.2. The molecule has 0 fully saturated rings. The summed E-state index contributed by atoms with van der Waals surface area (Å²) in [6.45, 7) is 0. The molecule has 1 aliphatic rings. The van der Waals surface area contributed by atoms with E-state index in [0.717, 1.165) is 27.8 Å². The molecule has 0 saturated carbocycles. The molecule has 0 bridgehead atoms. The maximum absolute atomic E-state index is 14.9. The minimum atomic E-state index is -0.507. The van der Waals surface area contributed by atoms with Crippen LogP contribution in [0.25, 0.3) is 22.3 Å². The molecule has 2 aromatic heterocycles. The Hall–Kier alpha value is -4.11. The van der Waals surface area contributed by atoms with Crippen molar-refractivity contribution in [3.05, 3.63) is 94.9 Å². The fraction of sp³-hybridized carbons (Fsp3) is 0.200. The molecule has 5 aromatic rings. The summed E-state index contributed by atoms with van der Waals surface area (Å²) < 4.78 is 40.7. The number of nitrogens with one attached hydrogen (secondary N) is 2. The highest BCUT2D eigenvalue weighted by Gasteiger charge is 2.28. The van der Waals surface area contributed by atoms with Gasteiger partial charge in [0.05, 0.1) is 23.5 Å². The number of aromatic amines is 2. The Bertz CT molecular complexity index is 1710. The standard InChI is InChI=1S/C30H25F2N3O3S/c1-37-30(36)19-11-17-4-3-16(9-18(17)12-19)10-20-15-34-29(35-20)23-13-21(5-6-24(23)31)38-27-25(32)14-26-22(7-8-33-26)28(27)39-2/h3-9,13-15,19,33H,10-12H2,1-2H3,(H,34,35). The lowest BCUT2D eigenvalue weighted by atomic mass is 10.0. The van der Waals surface area contributed by atoms with Gasteiger partial charge in [-0.05, 0) is 60.1 Å². The normalized spacial score (nSPS) is 14.5. The van der Waals surface area contributed by atoms with Crippen molar-refractivity contribution >= 4 is 28.6 Å². The molecule has 6 rings (SSSR count). The number of halogens is 2. The Labute approximate surface area is 227 Å². The minimum absolute atomic E-state index is 0.0957. The van der Waals surface area contributed by atoms with Gasteiger partial charge in [-0.1, -0.05) is 18.2 Å². The molecule has 0 spiro atoms. The van der Waals surface area contributed by atoms with Crippen molar-refractivity contribution in [2.75, 3.05) is 13.4 Å². The van der Waals surface area contributed by atoms with Gasteiger partial charge in [0.2, 0.25) is 0 Å². The fourth-order valence-corrected chi connectivity index (χ4v) is 5.93. The summed E-state index contributed by atoms with van der Waals surface area (Å²) >= 11 is 1.38. The van der Waals surface area contributed by atoms with Crippen LogP contribution in [0.4, 0.5) is 8.78 Å². The van der Waals surface area contributed by atoms with Gasteiger partial charge in [-0.25, -0.2) is 13.8 Å². The van der Waals surface area contributed by atoms with Crippen LogP contribution in [0.5, 0.6) is 11.5 Å². The molecule has 0 aliphatic heterocycles. The van der Waals surface area contributed by atoms with Gasteiger partial charge in [0, 0.05) is 41.5 Å². The Morgan fingerprint density at radius 1 is 1.08 bits per heavy atom. The van der Waals surface area contributed by atoms with E-state index in [9.17, 15) is 13.6 Å². The largest absolute Gasteiger partial charge is 0.469 e. The molecule has 0 radical (unpaired) electrons. The van der Waals surface area contributed by atoms with Crippen molar-refractivity contribution in [1.29, 1.82) is 0 Å². The Balaban J connectivity index is 1.23. The highest BCUT2D eigenvalue weighted by molar-refractivity contribution is 7.99. The van der Waals surface area contributed by atoms with E-state index in [1.165, 1.54) is 43.1 Å². The Kier molecular flexibility index (Phi) is 6.60. The monoisotopic (exact) mass is 545 g/mol. The number of carbonyl (C=O) groups excluding carboxylic acids is 1. The molecular weight excluding hydrogens is 520 g/mol. The van der Waals surface area contributed by atoms with E-state index >= 15 is 0 Å². The maximum Gasteiger partial charge on any atom is 0.309 e. The van der Waals surface area contributed by atoms with Crippen LogP contribution in [0.15, 0.2) is 65.8 Å². The van der Waals surface area contributed by atoms with Crippen LogP contribution < -0.4 is 4.74 Å². The molecule has 39 heavy (non-hydrogen) atoms. The molecule has 1 aliphatic carbocycles. The number of hydrogen-bond acceptors (Lipinski definition) is 5. The quantitative estimate of drug-likeness (QED) is 0.173. The van der Waals surface area contributed by atoms with Crippen molar-refractivity contribution in [3.63, 3.8) is 0 Å². The zero-order valence-electron chi connectivity index (χ0n) is 21.3. The van der Waals surface area contributed by atoms with Gasteiger partial charge in [0.15, 0.2) is 11.6 Å². The minimum Gasteiger partial charge on any atom is -0.469 e. The molecule has 198 valence electrons. The number of H-pyrrole nitrogens is 2. The van der Waals surface area contributed by atoms with Crippen LogP contribution in [0.1, 0.15) is 22.4 Å². The van der Waals surface area contributed by atoms with Crippen molar-refractivity contribution in [2.45, 2.75) is 24.2 Å². The lowest BCUT2D eigenvalue weighted by Crippen LogP contribution is -2.15. The van der Waals surface area contributed by atoms with Crippen molar-refractivity contribution in [3.8, 4) is 22.9 Å². The lowest BCUT2D eigenvalue weighted by molar-refractivity contribution is -0.145. The lowest BCUT2D eigenvalue weighted by Gasteiger charge is -2.13. The van der Waals surface area contributed by atoms with Gasteiger partial charge >= 0.3 is 5.97 Å². The highest BCUT2D eigenvalue weighted by atomic mass is 32.2. The molecular formula is C30H25F2N3O3S. The zero-order chi connectivity index (χ0) is 27.1. The second-order valence-corrected chi connectivity index (χ2v) is 10.4. The number of carbonyl (C=O) groups is 1. The number of methoxy groups -OCH3 is 1. The van der Waals surface area contributed by atoms with Gasteiger partial charge < -0.3 is 19.4 Å². The van der Waals surface area contributed by atoms with Gasteiger partial charge in [0.25, 0.3) is 0 Å². The van der Waals surface area contributed by atoms with Gasteiger partial charge in [-0.15, -0.1) is 11.8 Å². The third-order valence-electron chi connectivity index (χ3n) is 7.10. The first-order chi connectivity index (χ1) is 18.9. The Morgan fingerprint density at radius 3 is 2.74 bits per heavy atom. The molecule has 2 N–H and O–H groups in total. The van der Waals surface area contributed by atoms with Crippen LogP contribution in [0, 0.1) is 17.6 Å². The van der Waals surface area contributed by atoms with Gasteiger partial charge in [0.1, 0.15) is 17.4 Å². The highest BCUT2D eigenvalue weighted by Crippen LogP contribution is 2.40. The van der Waals surface area contributed by atoms with Crippen LogP contribution in [-0.4, -0.2) is 34.3 Å². The van der Waals surface area contributed by atoms with E-state index in [0.29, 0.717) is 41.2 Å². The number of imidazole rings is 1. The van der Waals surface area contributed by atoms with Gasteiger partial charge in [-0.3, -0.25) is 4.79 Å². The second-order valence-electron chi connectivity index (χ2n) is 9.57. The smallest absolute Gasteiger partial charge is 0.309 e. The second kappa shape index (κ2) is 10.2. The molecule has 6 nitrogen and oxygen atoms in total.